The van der Waals surface area contributed by atoms with Crippen LogP contribution in [0.3, 0.4) is 0 Å². The number of aryl methyl sites for hydroxylation is 1. The molecule has 1 fully saturated rings. The summed E-state index contributed by atoms with van der Waals surface area (Å²) in [6, 6.07) is 7.28. The largest absolute Gasteiger partial charge is 0.361 e. The molecule has 31 heavy (non-hydrogen) atoms. The number of benzene rings is 2. The maximum Gasteiger partial charge on any atom is 0.266 e. The number of halogens is 3. The van der Waals surface area contributed by atoms with E-state index in [4.69, 9.17) is 0 Å². The first-order valence-corrected chi connectivity index (χ1v) is 10.2. The van der Waals surface area contributed by atoms with Gasteiger partial charge in [0.15, 0.2) is 5.82 Å². The van der Waals surface area contributed by atoms with Crippen molar-refractivity contribution >= 4 is 28.2 Å². The SMILES string of the molecule is Cc1nnc(NC(C)c2cccc(C(F)F)c2F)c2cc3c(cc12)C1(CC1)C(=O)N3C. The number of anilines is 2. The number of nitrogens with one attached hydrogen (secondary N) is 1. The van der Waals surface area contributed by atoms with Crippen molar-refractivity contribution in [3.8, 4) is 0 Å². The van der Waals surface area contributed by atoms with E-state index in [1.54, 1.807) is 18.9 Å². The zero-order valence-corrected chi connectivity index (χ0v) is 17.3. The highest BCUT2D eigenvalue weighted by Gasteiger charge is 2.58. The van der Waals surface area contributed by atoms with E-state index in [2.05, 4.69) is 15.5 Å². The van der Waals surface area contributed by atoms with Gasteiger partial charge < -0.3 is 10.2 Å². The van der Waals surface area contributed by atoms with Gasteiger partial charge >= 0.3 is 0 Å². The van der Waals surface area contributed by atoms with Gasteiger partial charge in [-0.25, -0.2) is 13.2 Å². The third kappa shape index (κ3) is 2.80. The van der Waals surface area contributed by atoms with Crippen LogP contribution in [0.15, 0.2) is 30.3 Å². The van der Waals surface area contributed by atoms with Crippen LogP contribution in [0.25, 0.3) is 10.8 Å². The van der Waals surface area contributed by atoms with Crippen LogP contribution in [0.1, 0.15) is 54.6 Å². The fraction of sp³-hybridized carbons (Fsp3) is 0.348. The Bertz CT molecular complexity index is 1240. The minimum atomic E-state index is -2.89. The lowest BCUT2D eigenvalue weighted by Crippen LogP contribution is -2.27. The van der Waals surface area contributed by atoms with Crippen LogP contribution in [0, 0.1) is 12.7 Å². The minimum absolute atomic E-state index is 0.102. The van der Waals surface area contributed by atoms with Crippen molar-refractivity contribution in [3.63, 3.8) is 0 Å². The van der Waals surface area contributed by atoms with Gasteiger partial charge in [0.2, 0.25) is 5.91 Å². The van der Waals surface area contributed by atoms with Gasteiger partial charge in [-0.15, -0.1) is 5.10 Å². The molecule has 1 aromatic heterocycles. The summed E-state index contributed by atoms with van der Waals surface area (Å²) in [7, 11) is 1.77. The summed E-state index contributed by atoms with van der Waals surface area (Å²) in [4.78, 5) is 14.4. The Morgan fingerprint density at radius 3 is 2.52 bits per heavy atom. The first-order chi connectivity index (χ1) is 14.7. The molecule has 5 nitrogen and oxygen atoms in total. The highest BCUT2D eigenvalue weighted by molar-refractivity contribution is 6.12. The van der Waals surface area contributed by atoms with Crippen LogP contribution in [-0.2, 0) is 10.2 Å². The van der Waals surface area contributed by atoms with Crippen LogP contribution in [0.5, 0.6) is 0 Å². The van der Waals surface area contributed by atoms with Crippen LogP contribution in [0.2, 0.25) is 0 Å². The zero-order chi connectivity index (χ0) is 22.1. The number of aromatic nitrogens is 2. The van der Waals surface area contributed by atoms with Gasteiger partial charge in [0.05, 0.1) is 22.7 Å². The normalized spacial score (nSPS) is 17.5. The average Bonchev–Trinajstić information content (AvgIpc) is 3.52. The lowest BCUT2D eigenvalue weighted by Gasteiger charge is -2.19. The van der Waals surface area contributed by atoms with Crippen LogP contribution in [-0.4, -0.2) is 23.2 Å². The van der Waals surface area contributed by atoms with E-state index < -0.39 is 29.3 Å². The smallest absolute Gasteiger partial charge is 0.266 e. The third-order valence-corrected chi connectivity index (χ3v) is 6.53. The van der Waals surface area contributed by atoms with Crippen molar-refractivity contribution in [3.05, 3.63) is 58.5 Å². The molecule has 2 heterocycles. The van der Waals surface area contributed by atoms with E-state index >= 15 is 0 Å². The second-order valence-electron chi connectivity index (χ2n) is 8.41. The molecule has 1 spiro atoms. The molecule has 0 saturated heterocycles. The van der Waals surface area contributed by atoms with Crippen molar-refractivity contribution < 1.29 is 18.0 Å². The van der Waals surface area contributed by atoms with Crippen LogP contribution < -0.4 is 10.2 Å². The fourth-order valence-corrected chi connectivity index (χ4v) is 4.59. The highest BCUT2D eigenvalue weighted by Crippen LogP contribution is 2.58. The van der Waals surface area contributed by atoms with E-state index in [1.807, 2.05) is 19.1 Å². The van der Waals surface area contributed by atoms with Crippen LogP contribution >= 0.6 is 0 Å². The highest BCUT2D eigenvalue weighted by atomic mass is 19.3. The number of hydrogen-bond donors (Lipinski definition) is 1. The molecule has 2 aromatic carbocycles. The van der Waals surface area contributed by atoms with Gasteiger partial charge in [-0.3, -0.25) is 4.79 Å². The van der Waals surface area contributed by atoms with Gasteiger partial charge in [0.25, 0.3) is 6.43 Å². The van der Waals surface area contributed by atoms with E-state index in [0.717, 1.165) is 46.6 Å². The topological polar surface area (TPSA) is 58.1 Å². The zero-order valence-electron chi connectivity index (χ0n) is 17.3. The van der Waals surface area contributed by atoms with Gasteiger partial charge in [0, 0.05) is 29.1 Å². The molecule has 1 atom stereocenters. The maximum atomic E-state index is 14.6. The number of nitrogens with zero attached hydrogens (tertiary/aromatic N) is 3. The van der Waals surface area contributed by atoms with Crippen molar-refractivity contribution in [2.45, 2.75) is 44.6 Å². The number of alkyl halides is 2. The molecule has 8 heteroatoms. The first kappa shape index (κ1) is 19.8. The van der Waals surface area contributed by atoms with Crippen molar-refractivity contribution in [1.29, 1.82) is 0 Å². The molecule has 1 amide bonds. The average molecular weight is 426 g/mol. The van der Waals surface area contributed by atoms with Gasteiger partial charge in [0.1, 0.15) is 5.82 Å². The second kappa shape index (κ2) is 6.67. The lowest BCUT2D eigenvalue weighted by atomic mass is 9.95. The summed E-state index contributed by atoms with van der Waals surface area (Å²) in [6.07, 6.45) is -1.21. The van der Waals surface area contributed by atoms with Gasteiger partial charge in [-0.2, -0.15) is 5.10 Å². The number of carbonyl (C=O) groups excluding carboxylic acids is 1. The summed E-state index contributed by atoms with van der Waals surface area (Å²) < 4.78 is 40.8. The number of amides is 1. The number of likely N-dealkylation sites (N-methyl/N-ethyl adjacent to an activating group) is 1. The molecule has 1 N–H and O–H groups in total. The number of carbonyl (C=O) groups is 1. The molecule has 0 radical (unpaired) electrons. The second-order valence-corrected chi connectivity index (χ2v) is 8.41. The minimum Gasteiger partial charge on any atom is -0.361 e. The Morgan fingerprint density at radius 1 is 1.13 bits per heavy atom. The summed E-state index contributed by atoms with van der Waals surface area (Å²) in [5.41, 5.74) is 1.66. The Balaban J connectivity index is 1.59. The quantitative estimate of drug-likeness (QED) is 0.623. The van der Waals surface area contributed by atoms with Gasteiger partial charge in [-0.05, 0) is 44.4 Å². The summed E-state index contributed by atoms with van der Waals surface area (Å²) in [6.45, 7) is 3.53. The van der Waals surface area contributed by atoms with Crippen molar-refractivity contribution in [2.75, 3.05) is 17.3 Å². The van der Waals surface area contributed by atoms with E-state index in [-0.39, 0.29) is 11.5 Å². The molecular weight excluding hydrogens is 405 g/mol. The molecule has 1 aliphatic heterocycles. The van der Waals surface area contributed by atoms with E-state index in [0.29, 0.717) is 5.82 Å². The Kier molecular flexibility index (Phi) is 4.26. The van der Waals surface area contributed by atoms with Gasteiger partial charge in [-0.1, -0.05) is 18.2 Å². The molecule has 1 unspecified atom stereocenters. The fourth-order valence-electron chi connectivity index (χ4n) is 4.59. The first-order valence-electron chi connectivity index (χ1n) is 10.2. The Hall–Kier alpha value is -3.16. The Morgan fingerprint density at radius 2 is 1.84 bits per heavy atom. The van der Waals surface area contributed by atoms with Crippen molar-refractivity contribution in [2.24, 2.45) is 0 Å². The number of rotatable bonds is 4. The standard InChI is InChI=1S/C23H21F3N4O/c1-11(13-5-4-6-14(19(13)24)20(25)26)27-21-16-10-18-17(9-15(16)12(2)28-29-21)23(7-8-23)22(31)30(18)3/h4-6,9-11,20H,7-8H2,1-3H3,(H,27,29). The summed E-state index contributed by atoms with van der Waals surface area (Å²) in [5, 5.41) is 13.2. The molecule has 3 aromatic rings. The maximum absolute atomic E-state index is 14.6. The molecule has 5 rings (SSSR count). The summed E-state index contributed by atoms with van der Waals surface area (Å²) in [5.74, 6) is -0.413. The number of fused-ring (bicyclic) bond motifs is 3. The predicted octanol–water partition coefficient (Wildman–Crippen LogP) is 5.20. The predicted molar refractivity (Wildman–Crippen MR) is 112 cm³/mol. The molecule has 1 aliphatic carbocycles. The Labute approximate surface area is 177 Å². The third-order valence-electron chi connectivity index (χ3n) is 6.53. The monoisotopic (exact) mass is 426 g/mol. The van der Waals surface area contributed by atoms with Crippen molar-refractivity contribution in [1.82, 2.24) is 10.2 Å². The van der Waals surface area contributed by atoms with E-state index in [9.17, 15) is 18.0 Å². The van der Waals surface area contributed by atoms with Crippen LogP contribution in [0.4, 0.5) is 24.7 Å². The molecule has 1 saturated carbocycles. The molecule has 0 bridgehead atoms. The molecule has 160 valence electrons. The van der Waals surface area contributed by atoms with E-state index in [1.165, 1.54) is 12.1 Å². The molecule has 2 aliphatic rings. The number of hydrogen-bond acceptors (Lipinski definition) is 4. The molecular formula is C23H21F3N4O. The summed E-state index contributed by atoms with van der Waals surface area (Å²) >= 11 is 0. The lowest BCUT2D eigenvalue weighted by molar-refractivity contribution is -0.119.